The molecule has 0 saturated heterocycles. The van der Waals surface area contributed by atoms with Crippen LogP contribution in [0, 0.1) is 6.92 Å². The molecule has 0 amide bonds. The van der Waals surface area contributed by atoms with Crippen LogP contribution >= 0.6 is 0 Å². The van der Waals surface area contributed by atoms with Crippen molar-refractivity contribution < 1.29 is 5.11 Å². The van der Waals surface area contributed by atoms with Crippen molar-refractivity contribution in [2.24, 2.45) is 0 Å². The number of hydrogen-bond acceptors (Lipinski definition) is 3. The maximum Gasteiger partial charge on any atom is 0.278 e. The largest absolute Gasteiger partial charge is 0.505 e. The van der Waals surface area contributed by atoms with Gasteiger partial charge in [0.15, 0.2) is 5.75 Å². The van der Waals surface area contributed by atoms with Gasteiger partial charge in [-0.05, 0) is 23.6 Å². The quantitative estimate of drug-likeness (QED) is 0.781. The molecule has 4 nitrogen and oxygen atoms in total. The molecule has 0 aliphatic rings. The van der Waals surface area contributed by atoms with E-state index in [0.717, 1.165) is 16.7 Å². The van der Waals surface area contributed by atoms with Crippen molar-refractivity contribution in [3.8, 4) is 16.9 Å². The number of rotatable bonds is 4. The van der Waals surface area contributed by atoms with Gasteiger partial charge in [-0.1, -0.05) is 68.4 Å². The molecule has 128 valence electrons. The number of aromatic hydroxyl groups is 1. The van der Waals surface area contributed by atoms with Crippen molar-refractivity contribution in [3.63, 3.8) is 0 Å². The summed E-state index contributed by atoms with van der Waals surface area (Å²) >= 11 is 0. The van der Waals surface area contributed by atoms with Crippen molar-refractivity contribution in [2.45, 2.75) is 33.2 Å². The Morgan fingerprint density at radius 1 is 1.04 bits per heavy atom. The van der Waals surface area contributed by atoms with E-state index in [0.29, 0.717) is 17.8 Å². The Balaban J connectivity index is 2.24. The van der Waals surface area contributed by atoms with Crippen LogP contribution < -0.4 is 5.56 Å². The Morgan fingerprint density at radius 3 is 2.32 bits per heavy atom. The fourth-order valence-electron chi connectivity index (χ4n) is 2.93. The lowest BCUT2D eigenvalue weighted by molar-refractivity contribution is 0.447. The molecular weight excluding hydrogens is 312 g/mol. The zero-order chi connectivity index (χ0) is 18.0. The topological polar surface area (TPSA) is 55.1 Å². The van der Waals surface area contributed by atoms with E-state index in [1.807, 2.05) is 75.4 Å². The first-order valence-electron chi connectivity index (χ1n) is 8.43. The summed E-state index contributed by atoms with van der Waals surface area (Å²) < 4.78 is 1.45. The van der Waals surface area contributed by atoms with Crippen molar-refractivity contribution in [1.82, 2.24) is 9.78 Å². The average molecular weight is 334 g/mol. The number of hydrogen-bond donors (Lipinski definition) is 1. The minimum absolute atomic E-state index is 0.00499. The molecule has 0 atom stereocenters. The van der Waals surface area contributed by atoms with Crippen molar-refractivity contribution in [3.05, 3.63) is 81.8 Å². The minimum atomic E-state index is -0.278. The molecule has 0 radical (unpaired) electrons. The summed E-state index contributed by atoms with van der Waals surface area (Å²) in [5.74, 6) is -0.0102. The van der Waals surface area contributed by atoms with Gasteiger partial charge in [0.2, 0.25) is 0 Å². The highest BCUT2D eigenvalue weighted by atomic mass is 16.3. The van der Waals surface area contributed by atoms with E-state index in [9.17, 15) is 9.90 Å². The number of nitrogens with zero attached hydrogens (tertiary/aromatic N) is 2. The fourth-order valence-corrected chi connectivity index (χ4v) is 2.93. The van der Waals surface area contributed by atoms with E-state index >= 15 is 0 Å². The van der Waals surface area contributed by atoms with Gasteiger partial charge >= 0.3 is 0 Å². The Morgan fingerprint density at radius 2 is 1.68 bits per heavy atom. The summed E-state index contributed by atoms with van der Waals surface area (Å²) in [7, 11) is 0. The highest BCUT2D eigenvalue weighted by molar-refractivity contribution is 5.72. The van der Waals surface area contributed by atoms with Crippen LogP contribution in [0.2, 0.25) is 0 Å². The van der Waals surface area contributed by atoms with E-state index < -0.39 is 0 Å². The van der Waals surface area contributed by atoms with Crippen LogP contribution in [0.5, 0.6) is 5.75 Å². The Labute approximate surface area is 147 Å². The molecule has 25 heavy (non-hydrogen) atoms. The standard InChI is InChI=1S/C21H22N2O2/c1-14(2)19-20(24)18(17-12-8-7-9-15(17)3)21(25)23(22-19)13-16-10-5-4-6-11-16/h4-12,14,24H,13H2,1-3H3. The molecule has 4 heteroatoms. The van der Waals surface area contributed by atoms with Gasteiger partial charge in [0.25, 0.3) is 5.56 Å². The van der Waals surface area contributed by atoms with E-state index in [1.165, 1.54) is 4.68 Å². The molecule has 0 unspecified atom stereocenters. The second kappa shape index (κ2) is 6.93. The lowest BCUT2D eigenvalue weighted by Crippen LogP contribution is -2.27. The molecule has 0 saturated carbocycles. The summed E-state index contributed by atoms with van der Waals surface area (Å²) in [5.41, 5.74) is 3.27. The second-order valence-electron chi connectivity index (χ2n) is 6.53. The van der Waals surface area contributed by atoms with Crippen LogP contribution in [-0.2, 0) is 6.54 Å². The molecule has 3 aromatic rings. The molecule has 0 bridgehead atoms. The van der Waals surface area contributed by atoms with Gasteiger partial charge in [-0.25, -0.2) is 4.68 Å². The van der Waals surface area contributed by atoms with Gasteiger partial charge in [0.05, 0.1) is 12.1 Å². The molecular formula is C21H22N2O2. The lowest BCUT2D eigenvalue weighted by atomic mass is 9.98. The highest BCUT2D eigenvalue weighted by Crippen LogP contribution is 2.33. The normalized spacial score (nSPS) is 11.0. The molecule has 0 fully saturated rings. The van der Waals surface area contributed by atoms with Gasteiger partial charge in [-0.15, -0.1) is 0 Å². The van der Waals surface area contributed by atoms with Crippen molar-refractivity contribution >= 4 is 0 Å². The van der Waals surface area contributed by atoms with Crippen LogP contribution in [0.15, 0.2) is 59.4 Å². The maximum atomic E-state index is 13.1. The molecule has 0 aliphatic heterocycles. The van der Waals surface area contributed by atoms with Gasteiger partial charge in [0.1, 0.15) is 5.69 Å². The first-order valence-corrected chi connectivity index (χ1v) is 8.43. The maximum absolute atomic E-state index is 13.1. The first-order chi connectivity index (χ1) is 12.0. The summed E-state index contributed by atoms with van der Waals surface area (Å²) in [5, 5.41) is 15.2. The van der Waals surface area contributed by atoms with Crippen molar-refractivity contribution in [1.29, 1.82) is 0 Å². The Kier molecular flexibility index (Phi) is 4.70. The molecule has 3 rings (SSSR count). The smallest absolute Gasteiger partial charge is 0.278 e. The molecule has 1 aromatic heterocycles. The zero-order valence-electron chi connectivity index (χ0n) is 14.7. The first kappa shape index (κ1) is 17.0. The zero-order valence-corrected chi connectivity index (χ0v) is 14.7. The summed E-state index contributed by atoms with van der Waals surface area (Å²) in [6.07, 6.45) is 0. The lowest BCUT2D eigenvalue weighted by Gasteiger charge is -2.16. The fraction of sp³-hybridized carbons (Fsp3) is 0.238. The van der Waals surface area contributed by atoms with Crippen LogP contribution in [0.3, 0.4) is 0 Å². The van der Waals surface area contributed by atoms with Gasteiger partial charge in [-0.3, -0.25) is 4.79 Å². The predicted molar refractivity (Wildman–Crippen MR) is 100.0 cm³/mol. The van der Waals surface area contributed by atoms with Gasteiger partial charge in [-0.2, -0.15) is 5.10 Å². The minimum Gasteiger partial charge on any atom is -0.505 e. The van der Waals surface area contributed by atoms with E-state index in [-0.39, 0.29) is 17.2 Å². The summed E-state index contributed by atoms with van der Waals surface area (Å²) in [6, 6.07) is 17.3. The molecule has 0 aliphatic carbocycles. The number of aryl methyl sites for hydroxylation is 1. The third kappa shape index (κ3) is 3.33. The summed E-state index contributed by atoms with van der Waals surface area (Å²) in [4.78, 5) is 13.1. The number of benzene rings is 2. The summed E-state index contributed by atoms with van der Waals surface area (Å²) in [6.45, 7) is 6.23. The van der Waals surface area contributed by atoms with Gasteiger partial charge < -0.3 is 5.11 Å². The average Bonchev–Trinajstić information content (AvgIpc) is 2.59. The Hall–Kier alpha value is -2.88. The molecule has 0 spiro atoms. The second-order valence-corrected chi connectivity index (χ2v) is 6.53. The van der Waals surface area contributed by atoms with Crippen LogP contribution in [0.1, 0.15) is 36.6 Å². The highest BCUT2D eigenvalue weighted by Gasteiger charge is 2.21. The monoisotopic (exact) mass is 334 g/mol. The van der Waals surface area contributed by atoms with E-state index in [2.05, 4.69) is 5.10 Å². The Bertz CT molecular complexity index is 944. The number of aromatic nitrogens is 2. The predicted octanol–water partition coefficient (Wildman–Crippen LogP) is 4.10. The van der Waals surface area contributed by atoms with E-state index in [1.54, 1.807) is 0 Å². The van der Waals surface area contributed by atoms with Gasteiger partial charge in [0, 0.05) is 5.92 Å². The van der Waals surface area contributed by atoms with Crippen molar-refractivity contribution in [2.75, 3.05) is 0 Å². The third-order valence-corrected chi connectivity index (χ3v) is 4.29. The molecule has 1 N–H and O–H groups in total. The van der Waals surface area contributed by atoms with Crippen LogP contribution in [0.4, 0.5) is 0 Å². The molecule has 2 aromatic carbocycles. The third-order valence-electron chi connectivity index (χ3n) is 4.29. The van der Waals surface area contributed by atoms with E-state index in [4.69, 9.17) is 0 Å². The van der Waals surface area contributed by atoms with Crippen LogP contribution in [0.25, 0.3) is 11.1 Å². The SMILES string of the molecule is Cc1ccccc1-c1c(O)c(C(C)C)nn(Cc2ccccc2)c1=O. The molecule has 1 heterocycles. The van der Waals surface area contributed by atoms with Crippen LogP contribution in [-0.4, -0.2) is 14.9 Å².